The highest BCUT2D eigenvalue weighted by atomic mass is 16.4. The van der Waals surface area contributed by atoms with E-state index in [-0.39, 0.29) is 11.2 Å². The third kappa shape index (κ3) is 2.08. The first-order valence-corrected chi connectivity index (χ1v) is 9.33. The van der Waals surface area contributed by atoms with Crippen LogP contribution in [-0.4, -0.2) is 16.9 Å². The van der Waals surface area contributed by atoms with Gasteiger partial charge in [0.2, 0.25) is 0 Å². The SMILES string of the molecule is C[C@@]12CCC[C@H]1[C@@H]1CCC3=CC(=O)C(C(=O)O)C[C@]3(C)[C@@H]1CC2. The number of hydrogen-bond donors (Lipinski definition) is 1. The fourth-order valence-electron chi connectivity index (χ4n) is 6.85. The van der Waals surface area contributed by atoms with Crippen LogP contribution >= 0.6 is 0 Å². The lowest BCUT2D eigenvalue weighted by atomic mass is 9.47. The lowest BCUT2D eigenvalue weighted by Crippen LogP contribution is -2.51. The van der Waals surface area contributed by atoms with Gasteiger partial charge in [-0.25, -0.2) is 0 Å². The van der Waals surface area contributed by atoms with E-state index in [2.05, 4.69) is 13.8 Å². The molecule has 1 unspecified atom stereocenters. The third-order valence-corrected chi connectivity index (χ3v) is 8.10. The number of carboxylic acid groups (broad SMARTS) is 1. The van der Waals surface area contributed by atoms with Gasteiger partial charge in [-0.2, -0.15) is 0 Å². The molecule has 4 aliphatic rings. The lowest BCUT2D eigenvalue weighted by molar-refractivity contribution is -0.148. The zero-order valence-corrected chi connectivity index (χ0v) is 14.3. The molecule has 4 rings (SSSR count). The summed E-state index contributed by atoms with van der Waals surface area (Å²) in [4.78, 5) is 23.7. The van der Waals surface area contributed by atoms with Crippen molar-refractivity contribution >= 4 is 11.8 Å². The van der Waals surface area contributed by atoms with Crippen molar-refractivity contribution in [2.24, 2.45) is 34.5 Å². The fraction of sp³-hybridized carbons (Fsp3) is 0.800. The molecule has 3 heteroatoms. The average molecular weight is 316 g/mol. The molecule has 3 fully saturated rings. The van der Waals surface area contributed by atoms with E-state index in [9.17, 15) is 14.7 Å². The molecule has 0 bridgehead atoms. The largest absolute Gasteiger partial charge is 0.481 e. The highest BCUT2D eigenvalue weighted by molar-refractivity contribution is 6.05. The molecule has 126 valence electrons. The second-order valence-electron chi connectivity index (χ2n) is 9.08. The molecule has 3 saturated carbocycles. The summed E-state index contributed by atoms with van der Waals surface area (Å²) in [7, 11) is 0. The summed E-state index contributed by atoms with van der Waals surface area (Å²) in [6.45, 7) is 4.74. The van der Waals surface area contributed by atoms with Gasteiger partial charge in [-0.05, 0) is 79.6 Å². The van der Waals surface area contributed by atoms with Gasteiger partial charge < -0.3 is 5.11 Å². The highest BCUT2D eigenvalue weighted by Crippen LogP contribution is 2.65. The van der Waals surface area contributed by atoms with Crippen LogP contribution in [0.1, 0.15) is 65.2 Å². The van der Waals surface area contributed by atoms with E-state index in [0.29, 0.717) is 17.8 Å². The molecule has 0 amide bonds. The molecule has 4 aliphatic carbocycles. The number of carbonyl (C=O) groups excluding carboxylic acids is 1. The maximum absolute atomic E-state index is 12.2. The van der Waals surface area contributed by atoms with E-state index in [0.717, 1.165) is 18.3 Å². The monoisotopic (exact) mass is 316 g/mol. The van der Waals surface area contributed by atoms with Crippen molar-refractivity contribution in [2.45, 2.75) is 65.2 Å². The number of allylic oxidation sites excluding steroid dienone is 1. The van der Waals surface area contributed by atoms with Crippen LogP contribution in [0.2, 0.25) is 0 Å². The Bertz CT molecular complexity index is 592. The molecule has 0 aromatic heterocycles. The van der Waals surface area contributed by atoms with E-state index in [1.165, 1.54) is 44.1 Å². The Balaban J connectivity index is 1.70. The smallest absolute Gasteiger partial charge is 0.314 e. The summed E-state index contributed by atoms with van der Waals surface area (Å²) in [6, 6.07) is 0. The first kappa shape index (κ1) is 15.4. The van der Waals surface area contributed by atoms with Gasteiger partial charge >= 0.3 is 5.97 Å². The number of ketones is 1. The van der Waals surface area contributed by atoms with E-state index in [1.54, 1.807) is 6.08 Å². The van der Waals surface area contributed by atoms with Crippen LogP contribution in [-0.2, 0) is 9.59 Å². The Hall–Kier alpha value is -1.12. The predicted molar refractivity (Wildman–Crippen MR) is 87.8 cm³/mol. The van der Waals surface area contributed by atoms with Gasteiger partial charge in [0.15, 0.2) is 5.78 Å². The fourth-order valence-corrected chi connectivity index (χ4v) is 6.85. The predicted octanol–water partition coefficient (Wildman–Crippen LogP) is 4.22. The normalized spacial score (nSPS) is 49.0. The molecule has 6 atom stereocenters. The zero-order chi connectivity index (χ0) is 16.4. The summed E-state index contributed by atoms with van der Waals surface area (Å²) >= 11 is 0. The Morgan fingerprint density at radius 1 is 1.17 bits per heavy atom. The number of fused-ring (bicyclic) bond motifs is 5. The minimum atomic E-state index is -0.935. The number of carbonyl (C=O) groups is 2. The maximum atomic E-state index is 12.2. The van der Waals surface area contributed by atoms with Crippen molar-refractivity contribution in [1.29, 1.82) is 0 Å². The van der Waals surface area contributed by atoms with E-state index in [1.807, 2.05) is 0 Å². The van der Waals surface area contributed by atoms with Crippen molar-refractivity contribution in [2.75, 3.05) is 0 Å². The highest BCUT2D eigenvalue weighted by Gasteiger charge is 2.57. The molecule has 23 heavy (non-hydrogen) atoms. The van der Waals surface area contributed by atoms with Gasteiger partial charge in [-0.3, -0.25) is 9.59 Å². The molecule has 1 N–H and O–H groups in total. The average Bonchev–Trinajstić information content (AvgIpc) is 2.89. The van der Waals surface area contributed by atoms with Crippen molar-refractivity contribution < 1.29 is 14.7 Å². The molecule has 0 aromatic carbocycles. The number of carboxylic acids is 1. The summed E-state index contributed by atoms with van der Waals surface area (Å²) in [5, 5.41) is 9.45. The summed E-state index contributed by atoms with van der Waals surface area (Å²) < 4.78 is 0. The van der Waals surface area contributed by atoms with E-state index in [4.69, 9.17) is 0 Å². The molecule has 0 aliphatic heterocycles. The second kappa shape index (κ2) is 4.94. The molecular weight excluding hydrogens is 288 g/mol. The van der Waals surface area contributed by atoms with E-state index >= 15 is 0 Å². The van der Waals surface area contributed by atoms with Gasteiger partial charge in [0.05, 0.1) is 0 Å². The Morgan fingerprint density at radius 3 is 2.70 bits per heavy atom. The molecule has 0 radical (unpaired) electrons. The van der Waals surface area contributed by atoms with Crippen LogP contribution in [0.25, 0.3) is 0 Å². The van der Waals surface area contributed by atoms with Gasteiger partial charge in [0, 0.05) is 0 Å². The molecule has 0 aromatic rings. The summed E-state index contributed by atoms with van der Waals surface area (Å²) in [5.41, 5.74) is 1.71. The number of rotatable bonds is 1. The molecular formula is C20H28O3. The quantitative estimate of drug-likeness (QED) is 0.737. The van der Waals surface area contributed by atoms with Crippen LogP contribution in [0.3, 0.4) is 0 Å². The van der Waals surface area contributed by atoms with Crippen molar-refractivity contribution in [3.8, 4) is 0 Å². The molecule has 0 spiro atoms. The van der Waals surface area contributed by atoms with Gasteiger partial charge in [0.25, 0.3) is 0 Å². The second-order valence-corrected chi connectivity index (χ2v) is 9.08. The number of hydrogen-bond acceptors (Lipinski definition) is 2. The van der Waals surface area contributed by atoms with Crippen molar-refractivity contribution in [3.05, 3.63) is 11.6 Å². The minimum Gasteiger partial charge on any atom is -0.481 e. The topological polar surface area (TPSA) is 54.4 Å². The first-order chi connectivity index (χ1) is 10.8. The van der Waals surface area contributed by atoms with Gasteiger partial charge in [-0.15, -0.1) is 0 Å². The van der Waals surface area contributed by atoms with Crippen LogP contribution in [0.4, 0.5) is 0 Å². The Labute approximate surface area is 138 Å². The van der Waals surface area contributed by atoms with Gasteiger partial charge in [-0.1, -0.05) is 25.8 Å². The number of aliphatic carboxylic acids is 1. The molecule has 0 saturated heterocycles. The zero-order valence-electron chi connectivity index (χ0n) is 14.3. The van der Waals surface area contributed by atoms with Crippen molar-refractivity contribution in [3.63, 3.8) is 0 Å². The third-order valence-electron chi connectivity index (χ3n) is 8.10. The maximum Gasteiger partial charge on any atom is 0.314 e. The van der Waals surface area contributed by atoms with Gasteiger partial charge in [0.1, 0.15) is 5.92 Å². The Kier molecular flexibility index (Phi) is 3.31. The summed E-state index contributed by atoms with van der Waals surface area (Å²) in [5.74, 6) is 0.203. The minimum absolute atomic E-state index is 0.0657. The standard InChI is InChI=1S/C20H28O3/c1-19-8-3-4-15(19)13-6-5-12-10-17(21)14(18(22)23)11-20(12,2)16(13)7-9-19/h10,13-16H,3-9,11H2,1-2H3,(H,22,23)/t13-,14?,15-,16+,19-,20-/m0/s1. The van der Waals surface area contributed by atoms with E-state index < -0.39 is 11.9 Å². The lowest BCUT2D eigenvalue weighted by Gasteiger charge is -2.57. The summed E-state index contributed by atoms with van der Waals surface area (Å²) in [6.07, 6.45) is 11.0. The Morgan fingerprint density at radius 2 is 1.96 bits per heavy atom. The van der Waals surface area contributed by atoms with Crippen LogP contribution in [0.5, 0.6) is 0 Å². The molecule has 3 nitrogen and oxygen atoms in total. The van der Waals surface area contributed by atoms with Crippen LogP contribution in [0, 0.1) is 34.5 Å². The first-order valence-electron chi connectivity index (χ1n) is 9.33. The van der Waals surface area contributed by atoms with Crippen LogP contribution < -0.4 is 0 Å². The van der Waals surface area contributed by atoms with Crippen LogP contribution in [0.15, 0.2) is 11.6 Å². The van der Waals surface area contributed by atoms with Crippen molar-refractivity contribution in [1.82, 2.24) is 0 Å². The molecule has 0 heterocycles.